The quantitative estimate of drug-likeness (QED) is 0.346. The maximum absolute atomic E-state index is 10.8. The van der Waals surface area contributed by atoms with E-state index in [4.69, 9.17) is 0 Å². The molecule has 0 unspecified atom stereocenters. The number of nitrogens with zero attached hydrogens (tertiary/aromatic N) is 1. The van der Waals surface area contributed by atoms with Crippen LogP contribution >= 0.6 is 0 Å². The van der Waals surface area contributed by atoms with Crippen LogP contribution in [0.15, 0.2) is 0 Å². The van der Waals surface area contributed by atoms with Crippen LogP contribution in [-0.2, 0) is 4.79 Å². The highest BCUT2D eigenvalue weighted by atomic mass is 16.1. The van der Waals surface area contributed by atoms with E-state index in [1.54, 1.807) is 6.92 Å². The molecule has 0 spiro atoms. The molecule has 0 saturated heterocycles. The predicted molar refractivity (Wildman–Crippen MR) is 93.9 cm³/mol. The monoisotopic (exact) mass is 297 g/mol. The fraction of sp³-hybridized carbons (Fsp3) is 0.947. The normalized spacial score (nSPS) is 11.2. The first-order valence-corrected chi connectivity index (χ1v) is 9.27. The molecule has 0 aliphatic carbocycles. The predicted octanol–water partition coefficient (Wildman–Crippen LogP) is 5.60. The third-order valence-corrected chi connectivity index (χ3v) is 4.13. The van der Waals surface area contributed by atoms with E-state index in [9.17, 15) is 4.79 Å². The van der Waals surface area contributed by atoms with Crippen molar-refractivity contribution in [3.63, 3.8) is 0 Å². The lowest BCUT2D eigenvalue weighted by Crippen LogP contribution is -2.12. The topological polar surface area (TPSA) is 20.3 Å². The van der Waals surface area contributed by atoms with Gasteiger partial charge < -0.3 is 9.69 Å². The number of rotatable bonds is 16. The summed E-state index contributed by atoms with van der Waals surface area (Å²) >= 11 is 0. The van der Waals surface area contributed by atoms with Gasteiger partial charge in [-0.05, 0) is 40.4 Å². The lowest BCUT2D eigenvalue weighted by molar-refractivity contribution is -0.117. The number of unbranched alkanes of at least 4 members (excludes halogenated alkanes) is 12. The molecule has 2 heteroatoms. The van der Waals surface area contributed by atoms with Crippen LogP contribution in [-0.4, -0.2) is 31.3 Å². The van der Waals surface area contributed by atoms with Crippen LogP contribution in [0.4, 0.5) is 0 Å². The Bertz CT molecular complexity index is 226. The van der Waals surface area contributed by atoms with E-state index >= 15 is 0 Å². The van der Waals surface area contributed by atoms with Crippen LogP contribution in [0.25, 0.3) is 0 Å². The number of ketones is 1. The number of hydrogen-bond donors (Lipinski definition) is 0. The highest BCUT2D eigenvalue weighted by Gasteiger charge is 1.96. The van der Waals surface area contributed by atoms with Gasteiger partial charge in [0.15, 0.2) is 0 Å². The highest BCUT2D eigenvalue weighted by Crippen LogP contribution is 2.13. The van der Waals surface area contributed by atoms with Crippen molar-refractivity contribution >= 4 is 5.78 Å². The Morgan fingerprint density at radius 2 is 0.952 bits per heavy atom. The first kappa shape index (κ1) is 20.6. The largest absolute Gasteiger partial charge is 0.309 e. The van der Waals surface area contributed by atoms with Crippen molar-refractivity contribution in [2.45, 2.75) is 96.8 Å². The maximum Gasteiger partial charge on any atom is 0.129 e. The molecule has 0 atom stereocenters. The van der Waals surface area contributed by atoms with Crippen LogP contribution in [0.3, 0.4) is 0 Å². The molecule has 0 N–H and O–H groups in total. The Morgan fingerprint density at radius 3 is 1.29 bits per heavy atom. The van der Waals surface area contributed by atoms with E-state index in [1.165, 1.54) is 83.6 Å². The first-order chi connectivity index (χ1) is 10.1. The van der Waals surface area contributed by atoms with E-state index in [-0.39, 0.29) is 0 Å². The Kier molecular flexibility index (Phi) is 15.7. The van der Waals surface area contributed by atoms with Gasteiger partial charge in [0.05, 0.1) is 0 Å². The molecule has 0 amide bonds. The molecule has 0 aromatic rings. The zero-order chi connectivity index (χ0) is 15.8. The first-order valence-electron chi connectivity index (χ1n) is 9.27. The molecule has 0 aliphatic rings. The van der Waals surface area contributed by atoms with Crippen molar-refractivity contribution in [3.8, 4) is 0 Å². The van der Waals surface area contributed by atoms with Crippen LogP contribution in [0.5, 0.6) is 0 Å². The minimum atomic E-state index is 0.344. The van der Waals surface area contributed by atoms with Gasteiger partial charge in [-0.3, -0.25) is 0 Å². The van der Waals surface area contributed by atoms with Gasteiger partial charge in [-0.15, -0.1) is 0 Å². The Hall–Kier alpha value is -0.370. The van der Waals surface area contributed by atoms with Crippen molar-refractivity contribution in [2.24, 2.45) is 0 Å². The molecular weight excluding hydrogens is 258 g/mol. The molecule has 0 aliphatic heterocycles. The zero-order valence-corrected chi connectivity index (χ0v) is 15.0. The zero-order valence-electron chi connectivity index (χ0n) is 15.0. The fourth-order valence-corrected chi connectivity index (χ4v) is 2.75. The Balaban J connectivity index is 2.98. The smallest absolute Gasteiger partial charge is 0.129 e. The average molecular weight is 298 g/mol. The van der Waals surface area contributed by atoms with Gasteiger partial charge >= 0.3 is 0 Å². The van der Waals surface area contributed by atoms with Crippen LogP contribution in [0.2, 0.25) is 0 Å². The third-order valence-electron chi connectivity index (χ3n) is 4.13. The van der Waals surface area contributed by atoms with Crippen molar-refractivity contribution in [3.05, 3.63) is 0 Å². The maximum atomic E-state index is 10.8. The van der Waals surface area contributed by atoms with Crippen LogP contribution in [0, 0.1) is 0 Å². The van der Waals surface area contributed by atoms with Crippen molar-refractivity contribution < 1.29 is 4.79 Å². The Morgan fingerprint density at radius 1 is 0.619 bits per heavy atom. The molecule has 2 nitrogen and oxygen atoms in total. The summed E-state index contributed by atoms with van der Waals surface area (Å²) in [6, 6.07) is 0. The molecule has 0 heterocycles. The second-order valence-corrected chi connectivity index (χ2v) is 6.85. The van der Waals surface area contributed by atoms with Crippen LogP contribution in [0.1, 0.15) is 96.8 Å². The fourth-order valence-electron chi connectivity index (χ4n) is 2.75. The minimum absolute atomic E-state index is 0.344. The van der Waals surface area contributed by atoms with E-state index in [2.05, 4.69) is 19.0 Å². The van der Waals surface area contributed by atoms with Gasteiger partial charge in [-0.25, -0.2) is 0 Å². The van der Waals surface area contributed by atoms with Crippen molar-refractivity contribution in [1.29, 1.82) is 0 Å². The summed E-state index contributed by atoms with van der Waals surface area (Å²) < 4.78 is 0. The van der Waals surface area contributed by atoms with Crippen molar-refractivity contribution in [1.82, 2.24) is 4.90 Å². The molecule has 0 fully saturated rings. The summed E-state index contributed by atoms with van der Waals surface area (Å²) in [7, 11) is 4.31. The second kappa shape index (κ2) is 16.0. The summed E-state index contributed by atoms with van der Waals surface area (Å²) in [6.45, 7) is 2.94. The number of hydrogen-bond acceptors (Lipinski definition) is 2. The summed E-state index contributed by atoms with van der Waals surface area (Å²) in [5.41, 5.74) is 0. The average Bonchev–Trinajstić information content (AvgIpc) is 2.42. The lowest BCUT2D eigenvalue weighted by atomic mass is 10.0. The third kappa shape index (κ3) is 19.6. The standard InChI is InChI=1S/C19H39NO/c1-19(21)17-15-13-11-9-7-5-4-6-8-10-12-14-16-18-20(2)3/h4-18H2,1-3H3. The van der Waals surface area contributed by atoms with E-state index in [0.717, 1.165) is 12.8 Å². The number of carbonyl (C=O) groups is 1. The van der Waals surface area contributed by atoms with Gasteiger partial charge in [-0.1, -0.05) is 70.6 Å². The molecule has 0 aromatic carbocycles. The molecular formula is C19H39NO. The Labute approximate surface area is 133 Å². The van der Waals surface area contributed by atoms with Crippen LogP contribution < -0.4 is 0 Å². The molecule has 0 aromatic heterocycles. The van der Waals surface area contributed by atoms with Gasteiger partial charge in [0.1, 0.15) is 5.78 Å². The number of Topliss-reactive ketones (excluding diaryl/α,β-unsaturated/α-hetero) is 1. The SMILES string of the molecule is CC(=O)CCCCCCCCCCCCCCCN(C)C. The molecule has 0 bridgehead atoms. The summed E-state index contributed by atoms with van der Waals surface area (Å²) in [5, 5.41) is 0. The molecule has 0 radical (unpaired) electrons. The molecule has 126 valence electrons. The van der Waals surface area contributed by atoms with Crippen molar-refractivity contribution in [2.75, 3.05) is 20.6 Å². The van der Waals surface area contributed by atoms with Gasteiger partial charge in [0.2, 0.25) is 0 Å². The summed E-state index contributed by atoms with van der Waals surface area (Å²) in [6.07, 6.45) is 18.5. The molecule has 0 saturated carbocycles. The van der Waals surface area contributed by atoms with Gasteiger partial charge in [0.25, 0.3) is 0 Å². The lowest BCUT2D eigenvalue weighted by Gasteiger charge is -2.08. The highest BCUT2D eigenvalue weighted by molar-refractivity contribution is 5.75. The number of carbonyl (C=O) groups excluding carboxylic acids is 1. The van der Waals surface area contributed by atoms with E-state index < -0.39 is 0 Å². The van der Waals surface area contributed by atoms with Gasteiger partial charge in [0, 0.05) is 6.42 Å². The summed E-state index contributed by atoms with van der Waals surface area (Å²) in [5.74, 6) is 0.344. The van der Waals surface area contributed by atoms with E-state index in [1.807, 2.05) is 0 Å². The second-order valence-electron chi connectivity index (χ2n) is 6.85. The minimum Gasteiger partial charge on any atom is -0.309 e. The summed E-state index contributed by atoms with van der Waals surface area (Å²) in [4.78, 5) is 13.1. The van der Waals surface area contributed by atoms with Gasteiger partial charge in [-0.2, -0.15) is 0 Å². The molecule has 0 rings (SSSR count). The molecule has 21 heavy (non-hydrogen) atoms. The van der Waals surface area contributed by atoms with E-state index in [0.29, 0.717) is 5.78 Å².